The summed E-state index contributed by atoms with van der Waals surface area (Å²) in [5.74, 6) is -0.574. The number of aliphatic hydroxyl groups excluding tert-OH is 7. The number of aliphatic hydroxyl groups is 7. The van der Waals surface area contributed by atoms with E-state index in [1.165, 1.54) is 0 Å². The Bertz CT molecular complexity index is 478. The van der Waals surface area contributed by atoms with Crippen molar-refractivity contribution in [3.05, 3.63) is 0 Å². The first kappa shape index (κ1) is 21.4. The van der Waals surface area contributed by atoms with Crippen LogP contribution in [0.4, 0.5) is 0 Å². The fraction of sp³-hybridized carbons (Fsp3) is 0.929. The lowest BCUT2D eigenvalue weighted by atomic mass is 9.95. The van der Waals surface area contributed by atoms with Crippen LogP contribution in [-0.4, -0.2) is 116 Å². The molecule has 1 amide bonds. The zero-order valence-corrected chi connectivity index (χ0v) is 14.0. The van der Waals surface area contributed by atoms with E-state index in [9.17, 15) is 40.5 Å². The van der Waals surface area contributed by atoms with E-state index in [-0.39, 0.29) is 0 Å². The van der Waals surface area contributed by atoms with Crippen LogP contribution in [0.1, 0.15) is 6.92 Å². The van der Waals surface area contributed by atoms with Crippen LogP contribution in [0.15, 0.2) is 0 Å². The maximum Gasteiger partial charge on any atom is 0.217 e. The van der Waals surface area contributed by atoms with E-state index in [1.807, 2.05) is 0 Å². The van der Waals surface area contributed by atoms with Crippen molar-refractivity contribution in [2.24, 2.45) is 0 Å². The Balaban J connectivity index is 2.21. The topological polar surface area (TPSA) is 198 Å². The summed E-state index contributed by atoms with van der Waals surface area (Å²) in [5, 5.41) is 70.7. The van der Waals surface area contributed by atoms with Gasteiger partial charge in [0.2, 0.25) is 5.91 Å². The summed E-state index contributed by atoms with van der Waals surface area (Å²) in [5.41, 5.74) is 0. The normalized spacial score (nSPS) is 46.8. The largest absolute Gasteiger partial charge is 0.394 e. The van der Waals surface area contributed by atoms with E-state index in [4.69, 9.17) is 14.2 Å². The standard InChI is InChI=1S/C14H25NO11/c1-4(18)15-7-12(9(20)6(3-17)24-13(7)23)26-14-11(22)10(21)8(19)5(2-16)25-14/h5-14,16-17,19-23H,2-3H2,1H3,(H,15,18). The summed E-state index contributed by atoms with van der Waals surface area (Å²) in [6.07, 6.45) is -13.7. The maximum atomic E-state index is 11.4. The van der Waals surface area contributed by atoms with Gasteiger partial charge in [-0.15, -0.1) is 0 Å². The number of carbonyl (C=O) groups is 1. The highest BCUT2D eigenvalue weighted by Gasteiger charge is 2.50. The molecule has 12 nitrogen and oxygen atoms in total. The zero-order valence-electron chi connectivity index (χ0n) is 14.0. The molecular formula is C14H25NO11. The maximum absolute atomic E-state index is 11.4. The predicted molar refractivity (Wildman–Crippen MR) is 80.2 cm³/mol. The van der Waals surface area contributed by atoms with E-state index in [2.05, 4.69) is 5.32 Å². The SMILES string of the molecule is CC(=O)NC1C(O)OC(CO)C(O)C1OC1OC(CO)C(O)C(O)C1O. The molecule has 2 saturated heterocycles. The minimum atomic E-state index is -1.74. The van der Waals surface area contributed by atoms with E-state index >= 15 is 0 Å². The first-order valence-corrected chi connectivity index (χ1v) is 8.06. The molecule has 0 spiro atoms. The molecule has 12 heteroatoms. The van der Waals surface area contributed by atoms with Gasteiger partial charge in [0.25, 0.3) is 0 Å². The van der Waals surface area contributed by atoms with Gasteiger partial charge >= 0.3 is 0 Å². The Labute approximate surface area is 148 Å². The molecule has 0 aromatic heterocycles. The molecule has 0 bridgehead atoms. The second-order valence-corrected chi connectivity index (χ2v) is 6.26. The predicted octanol–water partition coefficient (Wildman–Crippen LogP) is -5.25. The Kier molecular flexibility index (Phi) is 7.27. The van der Waals surface area contributed by atoms with Gasteiger partial charge in [0.05, 0.1) is 13.2 Å². The molecule has 0 aromatic rings. The van der Waals surface area contributed by atoms with Gasteiger partial charge in [-0.05, 0) is 0 Å². The average molecular weight is 383 g/mol. The summed E-state index contributed by atoms with van der Waals surface area (Å²) in [6.45, 7) is -0.195. The van der Waals surface area contributed by atoms with E-state index in [0.29, 0.717) is 0 Å². The molecule has 0 aromatic carbocycles. The second kappa shape index (κ2) is 8.84. The van der Waals surface area contributed by atoms with Crippen molar-refractivity contribution in [1.29, 1.82) is 0 Å². The van der Waals surface area contributed by atoms with Gasteiger partial charge in [0.15, 0.2) is 12.6 Å². The number of carbonyl (C=O) groups excluding carboxylic acids is 1. The monoisotopic (exact) mass is 383 g/mol. The Hall–Kier alpha value is -0.930. The molecule has 152 valence electrons. The Morgan fingerprint density at radius 1 is 0.923 bits per heavy atom. The summed E-state index contributed by atoms with van der Waals surface area (Å²) >= 11 is 0. The van der Waals surface area contributed by atoms with Crippen LogP contribution in [0.3, 0.4) is 0 Å². The van der Waals surface area contributed by atoms with Gasteiger partial charge in [0, 0.05) is 6.92 Å². The molecule has 26 heavy (non-hydrogen) atoms. The van der Waals surface area contributed by atoms with Crippen LogP contribution in [0.5, 0.6) is 0 Å². The van der Waals surface area contributed by atoms with Crippen molar-refractivity contribution >= 4 is 5.91 Å². The molecule has 0 saturated carbocycles. The fourth-order valence-corrected chi connectivity index (χ4v) is 2.97. The third-order valence-electron chi connectivity index (χ3n) is 4.38. The minimum Gasteiger partial charge on any atom is -0.394 e. The van der Waals surface area contributed by atoms with Gasteiger partial charge in [-0.2, -0.15) is 0 Å². The first-order valence-electron chi connectivity index (χ1n) is 8.06. The average Bonchev–Trinajstić information content (AvgIpc) is 2.60. The molecule has 10 unspecified atom stereocenters. The number of hydrogen-bond donors (Lipinski definition) is 8. The summed E-state index contributed by atoms with van der Waals surface area (Å²) in [6, 6.07) is -1.28. The highest BCUT2D eigenvalue weighted by molar-refractivity contribution is 5.73. The summed E-state index contributed by atoms with van der Waals surface area (Å²) in [7, 11) is 0. The molecule has 8 N–H and O–H groups in total. The van der Waals surface area contributed by atoms with Crippen molar-refractivity contribution in [1.82, 2.24) is 5.32 Å². The van der Waals surface area contributed by atoms with E-state index in [0.717, 1.165) is 6.92 Å². The van der Waals surface area contributed by atoms with Crippen LogP contribution < -0.4 is 5.32 Å². The second-order valence-electron chi connectivity index (χ2n) is 6.26. The molecule has 2 aliphatic rings. The lowest BCUT2D eigenvalue weighted by Gasteiger charge is -2.46. The van der Waals surface area contributed by atoms with E-state index < -0.39 is 80.5 Å². The molecule has 2 fully saturated rings. The number of amides is 1. The summed E-state index contributed by atoms with van der Waals surface area (Å²) in [4.78, 5) is 11.4. The molecule has 0 radical (unpaired) electrons. The first-order chi connectivity index (χ1) is 12.2. The van der Waals surface area contributed by atoms with Crippen LogP contribution in [0.25, 0.3) is 0 Å². The van der Waals surface area contributed by atoms with Gasteiger partial charge in [-0.25, -0.2) is 0 Å². The molecule has 2 heterocycles. The van der Waals surface area contributed by atoms with Gasteiger partial charge in [0.1, 0.15) is 48.8 Å². The fourth-order valence-electron chi connectivity index (χ4n) is 2.97. The number of nitrogens with one attached hydrogen (secondary N) is 1. The van der Waals surface area contributed by atoms with Crippen molar-refractivity contribution in [2.75, 3.05) is 13.2 Å². The molecule has 10 atom stereocenters. The highest BCUT2D eigenvalue weighted by Crippen LogP contribution is 2.28. The smallest absolute Gasteiger partial charge is 0.217 e. The van der Waals surface area contributed by atoms with Crippen LogP contribution in [0, 0.1) is 0 Å². The molecule has 2 aliphatic heterocycles. The minimum absolute atomic E-state index is 0.574. The Morgan fingerprint density at radius 2 is 1.50 bits per heavy atom. The molecule has 0 aliphatic carbocycles. The lowest BCUT2D eigenvalue weighted by molar-refractivity contribution is -0.341. The van der Waals surface area contributed by atoms with Gasteiger partial charge < -0.3 is 55.3 Å². The summed E-state index contributed by atoms with van der Waals surface area (Å²) < 4.78 is 15.7. The third kappa shape index (κ3) is 4.31. The Morgan fingerprint density at radius 3 is 2.04 bits per heavy atom. The zero-order chi connectivity index (χ0) is 19.6. The quantitative estimate of drug-likeness (QED) is 0.226. The van der Waals surface area contributed by atoms with Gasteiger partial charge in [-0.3, -0.25) is 4.79 Å². The van der Waals surface area contributed by atoms with E-state index in [1.54, 1.807) is 0 Å². The van der Waals surface area contributed by atoms with Crippen LogP contribution in [0.2, 0.25) is 0 Å². The van der Waals surface area contributed by atoms with Gasteiger partial charge in [-0.1, -0.05) is 0 Å². The molecular weight excluding hydrogens is 358 g/mol. The van der Waals surface area contributed by atoms with Crippen molar-refractivity contribution in [3.8, 4) is 0 Å². The van der Waals surface area contributed by atoms with Crippen molar-refractivity contribution in [2.45, 2.75) is 68.3 Å². The highest BCUT2D eigenvalue weighted by atomic mass is 16.7. The van der Waals surface area contributed by atoms with Crippen molar-refractivity contribution in [3.63, 3.8) is 0 Å². The number of hydrogen-bond acceptors (Lipinski definition) is 11. The molecule has 2 rings (SSSR count). The lowest BCUT2D eigenvalue weighted by Crippen LogP contribution is -2.67. The number of ether oxygens (including phenoxy) is 3. The van der Waals surface area contributed by atoms with Crippen molar-refractivity contribution < 1.29 is 54.8 Å². The van der Waals surface area contributed by atoms with Crippen LogP contribution >= 0.6 is 0 Å². The van der Waals surface area contributed by atoms with Crippen LogP contribution in [-0.2, 0) is 19.0 Å². The third-order valence-corrected chi connectivity index (χ3v) is 4.38. The number of rotatable bonds is 5.